The highest BCUT2D eigenvalue weighted by molar-refractivity contribution is 6.02. The number of ether oxygens (including phenoxy) is 2. The van der Waals surface area contributed by atoms with Gasteiger partial charge in [0, 0.05) is 12.2 Å². The molecule has 2 rings (SSSR count). The molecule has 21 heavy (non-hydrogen) atoms. The Balaban J connectivity index is 2.37. The number of nitrogens with zero attached hydrogens (tertiary/aromatic N) is 1. The zero-order valence-electron chi connectivity index (χ0n) is 12.8. The maximum atomic E-state index is 9.91. The van der Waals surface area contributed by atoms with Gasteiger partial charge in [-0.3, -0.25) is 0 Å². The fourth-order valence-electron chi connectivity index (χ4n) is 2.06. The Kier molecular flexibility index (Phi) is 4.48. The van der Waals surface area contributed by atoms with Crippen molar-refractivity contribution in [3.05, 3.63) is 47.6 Å². The summed E-state index contributed by atoms with van der Waals surface area (Å²) in [6, 6.07) is 3.55. The quantitative estimate of drug-likeness (QED) is 0.869. The summed E-state index contributed by atoms with van der Waals surface area (Å²) in [6.45, 7) is 0. The number of allylic oxidation sites excluding steroid dienone is 5. The van der Waals surface area contributed by atoms with E-state index in [0.29, 0.717) is 11.5 Å². The lowest BCUT2D eigenvalue weighted by atomic mass is 10.0. The second-order valence-corrected chi connectivity index (χ2v) is 4.90. The van der Waals surface area contributed by atoms with E-state index in [0.717, 1.165) is 16.8 Å². The molecule has 0 saturated heterocycles. The summed E-state index contributed by atoms with van der Waals surface area (Å²) in [4.78, 5) is 0. The predicted octanol–water partition coefficient (Wildman–Crippen LogP) is 2.63. The largest absolute Gasteiger partial charge is 0.502 e. The predicted molar refractivity (Wildman–Crippen MR) is 84.6 cm³/mol. The Morgan fingerprint density at radius 3 is 1.90 bits per heavy atom. The number of aromatic hydroxyl groups is 1. The molecule has 0 heterocycles. The van der Waals surface area contributed by atoms with Gasteiger partial charge < -0.3 is 14.6 Å². The third-order valence-electron chi connectivity index (χ3n) is 3.24. The molecular weight excluding hydrogens is 266 g/mol. The number of hydrogen-bond donors (Lipinski definition) is 1. The normalized spacial score (nSPS) is 13.3. The molecule has 0 aromatic heterocycles. The van der Waals surface area contributed by atoms with Gasteiger partial charge in [0.15, 0.2) is 17.2 Å². The summed E-state index contributed by atoms with van der Waals surface area (Å²) >= 11 is 0. The van der Waals surface area contributed by atoms with Crippen LogP contribution in [0.5, 0.6) is 17.2 Å². The van der Waals surface area contributed by atoms with Gasteiger partial charge in [0.05, 0.1) is 14.2 Å². The van der Waals surface area contributed by atoms with Crippen molar-refractivity contribution in [2.24, 2.45) is 0 Å². The number of methoxy groups -OCH3 is 2. The molecule has 4 nitrogen and oxygen atoms in total. The van der Waals surface area contributed by atoms with Crippen LogP contribution < -0.4 is 9.47 Å². The van der Waals surface area contributed by atoms with Gasteiger partial charge in [-0.05, 0) is 41.5 Å². The molecule has 1 aliphatic carbocycles. The molecule has 0 amide bonds. The summed E-state index contributed by atoms with van der Waals surface area (Å²) < 4.78 is 12.4. The van der Waals surface area contributed by atoms with E-state index in [9.17, 15) is 5.11 Å². The van der Waals surface area contributed by atoms with Gasteiger partial charge in [-0.1, -0.05) is 0 Å². The third kappa shape index (κ3) is 3.34. The van der Waals surface area contributed by atoms with Crippen LogP contribution in [0, 0.1) is 0 Å². The third-order valence-corrected chi connectivity index (χ3v) is 3.24. The first-order valence-corrected chi connectivity index (χ1v) is 6.62. The van der Waals surface area contributed by atoms with Crippen molar-refractivity contribution in [1.82, 2.24) is 0 Å². The number of hydrogen-bond acceptors (Lipinski definition) is 3. The minimum atomic E-state index is 0.0140. The van der Waals surface area contributed by atoms with E-state index in [1.54, 1.807) is 12.1 Å². The lowest BCUT2D eigenvalue weighted by molar-refractivity contribution is -0.462. The van der Waals surface area contributed by atoms with E-state index in [1.165, 1.54) is 14.2 Å². The molecule has 0 unspecified atom stereocenters. The maximum Gasteiger partial charge on any atom is 0.200 e. The van der Waals surface area contributed by atoms with Crippen LogP contribution in [0.25, 0.3) is 6.08 Å². The minimum Gasteiger partial charge on any atom is -0.502 e. The summed E-state index contributed by atoms with van der Waals surface area (Å²) in [5.41, 5.74) is 3.11. The molecule has 110 valence electrons. The second kappa shape index (κ2) is 6.31. The standard InChI is InChI=1S/C17H19NO3/c1-18(2)14-7-5-12(6-8-14)9-13-10-15(20-3)17(19)16(11-13)21-4/h5-11H,1-4H3/p+1. The Hall–Kier alpha value is -2.49. The number of benzene rings is 1. The average molecular weight is 286 g/mol. The van der Waals surface area contributed by atoms with Gasteiger partial charge in [-0.25, -0.2) is 4.58 Å². The van der Waals surface area contributed by atoms with Crippen molar-refractivity contribution in [2.75, 3.05) is 28.3 Å². The van der Waals surface area contributed by atoms with Gasteiger partial charge >= 0.3 is 0 Å². The van der Waals surface area contributed by atoms with Crippen LogP contribution in [0.15, 0.2) is 42.0 Å². The van der Waals surface area contributed by atoms with Crippen molar-refractivity contribution in [3.63, 3.8) is 0 Å². The van der Waals surface area contributed by atoms with Gasteiger partial charge in [-0.15, -0.1) is 0 Å². The van der Waals surface area contributed by atoms with Crippen molar-refractivity contribution in [3.8, 4) is 17.2 Å². The van der Waals surface area contributed by atoms with E-state index in [-0.39, 0.29) is 5.75 Å². The van der Waals surface area contributed by atoms with Crippen LogP contribution >= 0.6 is 0 Å². The summed E-state index contributed by atoms with van der Waals surface area (Å²) in [5.74, 6) is 0.802. The molecule has 4 heteroatoms. The molecule has 0 saturated carbocycles. The van der Waals surface area contributed by atoms with Crippen LogP contribution in [0.2, 0.25) is 0 Å². The Labute approximate surface area is 124 Å². The highest BCUT2D eigenvalue weighted by atomic mass is 16.5. The Morgan fingerprint density at radius 1 is 0.952 bits per heavy atom. The van der Waals surface area contributed by atoms with Crippen molar-refractivity contribution in [2.45, 2.75) is 0 Å². The molecule has 1 N–H and O–H groups in total. The first-order valence-electron chi connectivity index (χ1n) is 6.62. The molecule has 1 aliphatic rings. The second-order valence-electron chi connectivity index (χ2n) is 4.90. The molecule has 0 aliphatic heterocycles. The highest BCUT2D eigenvalue weighted by Gasteiger charge is 2.11. The average Bonchev–Trinajstić information content (AvgIpc) is 2.49. The molecule has 1 aromatic carbocycles. The molecule has 0 spiro atoms. The zero-order valence-corrected chi connectivity index (χ0v) is 12.8. The van der Waals surface area contributed by atoms with Crippen LogP contribution in [0.4, 0.5) is 0 Å². The first-order chi connectivity index (χ1) is 10.0. The van der Waals surface area contributed by atoms with Crippen molar-refractivity contribution >= 4 is 11.8 Å². The minimum absolute atomic E-state index is 0.0140. The zero-order chi connectivity index (χ0) is 15.4. The van der Waals surface area contributed by atoms with Gasteiger partial charge in [0.2, 0.25) is 5.75 Å². The van der Waals surface area contributed by atoms with Crippen LogP contribution in [-0.2, 0) is 0 Å². The highest BCUT2D eigenvalue weighted by Crippen LogP contribution is 2.37. The maximum absolute atomic E-state index is 9.91. The molecule has 0 atom stereocenters. The first kappa shape index (κ1) is 14.9. The van der Waals surface area contributed by atoms with E-state index < -0.39 is 0 Å². The smallest absolute Gasteiger partial charge is 0.200 e. The van der Waals surface area contributed by atoms with Crippen molar-refractivity contribution in [1.29, 1.82) is 0 Å². The van der Waals surface area contributed by atoms with Crippen molar-refractivity contribution < 1.29 is 19.2 Å². The van der Waals surface area contributed by atoms with E-state index in [1.807, 2.05) is 32.3 Å². The topological polar surface area (TPSA) is 41.7 Å². The number of phenols is 1. The lowest BCUT2D eigenvalue weighted by Gasteiger charge is -2.10. The van der Waals surface area contributed by atoms with Gasteiger partial charge in [0.1, 0.15) is 14.1 Å². The fourth-order valence-corrected chi connectivity index (χ4v) is 2.06. The van der Waals surface area contributed by atoms with Gasteiger partial charge in [0.25, 0.3) is 0 Å². The molecular formula is C17H20NO3+. The fraction of sp³-hybridized carbons (Fsp3) is 0.235. The van der Waals surface area contributed by atoms with Gasteiger partial charge in [-0.2, -0.15) is 0 Å². The lowest BCUT2D eigenvalue weighted by Crippen LogP contribution is -2.09. The Bertz CT molecular complexity index is 620. The molecule has 1 aromatic rings. The molecule has 0 bridgehead atoms. The van der Waals surface area contributed by atoms with E-state index >= 15 is 0 Å². The van der Waals surface area contributed by atoms with E-state index in [4.69, 9.17) is 9.47 Å². The van der Waals surface area contributed by atoms with Crippen LogP contribution in [0.1, 0.15) is 5.56 Å². The summed E-state index contributed by atoms with van der Waals surface area (Å²) in [7, 11) is 7.05. The molecule has 0 radical (unpaired) electrons. The van der Waals surface area contributed by atoms with Crippen LogP contribution in [0.3, 0.4) is 0 Å². The molecule has 0 fully saturated rings. The van der Waals surface area contributed by atoms with E-state index in [2.05, 4.69) is 16.7 Å². The Morgan fingerprint density at radius 2 is 1.48 bits per heavy atom. The summed E-state index contributed by atoms with van der Waals surface area (Å²) in [5, 5.41) is 9.91. The number of phenolic OH excluding ortho intramolecular Hbond substituents is 1. The SMILES string of the molecule is COc1cc(C=C2C=CC(=[N+](C)C)C=C2)cc(OC)c1O. The number of rotatable bonds is 3. The van der Waals surface area contributed by atoms with Crippen LogP contribution in [-0.4, -0.2) is 43.7 Å². The summed E-state index contributed by atoms with van der Waals surface area (Å²) in [6.07, 6.45) is 10.2. The monoisotopic (exact) mass is 286 g/mol.